The van der Waals surface area contributed by atoms with E-state index < -0.39 is 0 Å². The molecule has 0 bridgehead atoms. The molecule has 0 amide bonds. The zero-order valence-electron chi connectivity index (χ0n) is 14.0. The number of imidazole rings is 1. The summed E-state index contributed by atoms with van der Waals surface area (Å²) in [5.74, 6) is 1.62. The number of fused-ring (bicyclic) bond motifs is 1. The molecule has 1 atom stereocenters. The van der Waals surface area contributed by atoms with Gasteiger partial charge >= 0.3 is 5.69 Å². The summed E-state index contributed by atoms with van der Waals surface area (Å²) in [7, 11) is 0. The molecular formula is C18H22N4O2. The third-order valence-electron chi connectivity index (χ3n) is 5.03. The van der Waals surface area contributed by atoms with E-state index >= 15 is 0 Å². The first-order valence-corrected chi connectivity index (χ1v) is 8.49. The van der Waals surface area contributed by atoms with Crippen LogP contribution >= 0.6 is 0 Å². The summed E-state index contributed by atoms with van der Waals surface area (Å²) >= 11 is 0. The van der Waals surface area contributed by atoms with Crippen molar-refractivity contribution in [3.05, 3.63) is 52.6 Å². The van der Waals surface area contributed by atoms with Gasteiger partial charge in [0.05, 0.1) is 23.3 Å². The van der Waals surface area contributed by atoms with Crippen molar-refractivity contribution in [2.75, 3.05) is 13.1 Å². The van der Waals surface area contributed by atoms with Gasteiger partial charge in [-0.3, -0.25) is 9.47 Å². The lowest BCUT2D eigenvalue weighted by molar-refractivity contribution is 0.126. The second-order valence-corrected chi connectivity index (χ2v) is 6.57. The number of likely N-dealkylation sites (tertiary alicyclic amines) is 1. The topological polar surface area (TPSA) is 67.1 Å². The molecule has 1 aliphatic heterocycles. The zero-order chi connectivity index (χ0) is 16.7. The van der Waals surface area contributed by atoms with E-state index in [-0.39, 0.29) is 17.8 Å². The van der Waals surface area contributed by atoms with E-state index in [0.717, 1.165) is 48.6 Å². The molecule has 6 nitrogen and oxygen atoms in total. The van der Waals surface area contributed by atoms with Gasteiger partial charge in [0.1, 0.15) is 5.76 Å². The highest BCUT2D eigenvalue weighted by molar-refractivity contribution is 5.75. The van der Waals surface area contributed by atoms with E-state index in [1.807, 2.05) is 35.8 Å². The fourth-order valence-electron chi connectivity index (χ4n) is 3.69. The van der Waals surface area contributed by atoms with Crippen LogP contribution < -0.4 is 5.69 Å². The molecule has 1 fully saturated rings. The molecule has 1 aliphatic rings. The fourth-order valence-corrected chi connectivity index (χ4v) is 3.69. The zero-order valence-corrected chi connectivity index (χ0v) is 14.0. The molecule has 3 aromatic rings. The Morgan fingerprint density at radius 2 is 2.04 bits per heavy atom. The van der Waals surface area contributed by atoms with Crippen LogP contribution in [0.15, 0.2) is 39.7 Å². The summed E-state index contributed by atoms with van der Waals surface area (Å²) in [6.07, 6.45) is 3.67. The number of nitrogens with zero attached hydrogens (tertiary/aromatic N) is 3. The van der Waals surface area contributed by atoms with Gasteiger partial charge in [0.2, 0.25) is 5.89 Å². The van der Waals surface area contributed by atoms with Crippen LogP contribution in [-0.4, -0.2) is 32.5 Å². The smallest absolute Gasteiger partial charge is 0.326 e. The van der Waals surface area contributed by atoms with Gasteiger partial charge in [-0.1, -0.05) is 12.1 Å². The van der Waals surface area contributed by atoms with E-state index in [9.17, 15) is 4.79 Å². The van der Waals surface area contributed by atoms with Crippen molar-refractivity contribution in [2.24, 2.45) is 0 Å². The molecular weight excluding hydrogens is 304 g/mol. The van der Waals surface area contributed by atoms with E-state index in [1.165, 1.54) is 0 Å². The number of para-hydroxylation sites is 2. The Morgan fingerprint density at radius 1 is 1.29 bits per heavy atom. The van der Waals surface area contributed by atoms with Crippen molar-refractivity contribution in [1.82, 2.24) is 19.4 Å². The van der Waals surface area contributed by atoms with Gasteiger partial charge in [-0.15, -0.1) is 0 Å². The quantitative estimate of drug-likeness (QED) is 0.803. The summed E-state index contributed by atoms with van der Waals surface area (Å²) in [6.45, 7) is 5.90. The first-order valence-electron chi connectivity index (χ1n) is 8.49. The van der Waals surface area contributed by atoms with Crippen molar-refractivity contribution in [1.29, 1.82) is 0 Å². The molecule has 1 N–H and O–H groups in total. The van der Waals surface area contributed by atoms with Crippen molar-refractivity contribution in [3.63, 3.8) is 0 Å². The van der Waals surface area contributed by atoms with Crippen LogP contribution in [0.3, 0.4) is 0 Å². The highest BCUT2D eigenvalue weighted by Crippen LogP contribution is 2.29. The predicted molar refractivity (Wildman–Crippen MR) is 92.1 cm³/mol. The van der Waals surface area contributed by atoms with Gasteiger partial charge in [0, 0.05) is 19.1 Å². The number of aromatic nitrogens is 3. The summed E-state index contributed by atoms with van der Waals surface area (Å²) in [5.41, 5.74) is 1.90. The van der Waals surface area contributed by atoms with E-state index in [2.05, 4.69) is 21.8 Å². The molecule has 0 radical (unpaired) electrons. The molecule has 1 unspecified atom stereocenters. The van der Waals surface area contributed by atoms with Crippen molar-refractivity contribution in [3.8, 4) is 0 Å². The molecule has 24 heavy (non-hydrogen) atoms. The van der Waals surface area contributed by atoms with Crippen molar-refractivity contribution in [2.45, 2.75) is 38.8 Å². The second-order valence-electron chi connectivity index (χ2n) is 6.57. The van der Waals surface area contributed by atoms with Crippen LogP contribution in [0.2, 0.25) is 0 Å². The average Bonchev–Trinajstić information content (AvgIpc) is 3.17. The Labute approximate surface area is 140 Å². The average molecular weight is 326 g/mol. The highest BCUT2D eigenvalue weighted by Gasteiger charge is 2.28. The monoisotopic (exact) mass is 326 g/mol. The van der Waals surface area contributed by atoms with Crippen molar-refractivity contribution < 1.29 is 4.42 Å². The number of H-pyrrole nitrogens is 1. The third kappa shape index (κ3) is 2.57. The maximum absolute atomic E-state index is 12.3. The van der Waals surface area contributed by atoms with Crippen LogP contribution in [0.5, 0.6) is 0 Å². The normalized spacial score (nSPS) is 18.2. The van der Waals surface area contributed by atoms with Crippen LogP contribution in [0.1, 0.15) is 43.5 Å². The third-order valence-corrected chi connectivity index (χ3v) is 5.03. The molecule has 126 valence electrons. The van der Waals surface area contributed by atoms with E-state index in [1.54, 1.807) is 6.20 Å². The lowest BCUT2D eigenvalue weighted by Gasteiger charge is -2.35. The Morgan fingerprint density at radius 3 is 2.75 bits per heavy atom. The number of nitrogens with one attached hydrogen (secondary N) is 1. The SMILES string of the molecule is Cc1cnc(C(C)N2CCC(n3c(=O)[nH]c4ccccc43)CC2)o1. The molecule has 1 saturated heterocycles. The van der Waals surface area contributed by atoms with Crippen LogP contribution in [-0.2, 0) is 0 Å². The van der Waals surface area contributed by atoms with Crippen LogP contribution in [0.25, 0.3) is 11.0 Å². The van der Waals surface area contributed by atoms with Gasteiger partial charge in [0.25, 0.3) is 0 Å². The first-order chi connectivity index (χ1) is 11.6. The van der Waals surface area contributed by atoms with Gasteiger partial charge in [-0.2, -0.15) is 0 Å². The molecule has 0 aliphatic carbocycles. The molecule has 0 saturated carbocycles. The van der Waals surface area contributed by atoms with Gasteiger partial charge in [-0.05, 0) is 38.8 Å². The number of aryl methyl sites for hydroxylation is 1. The minimum absolute atomic E-state index is 0.00831. The Hall–Kier alpha value is -2.34. The standard InChI is InChI=1S/C18H22N4O2/c1-12-11-19-17(24-12)13(2)21-9-7-14(8-10-21)22-16-6-4-3-5-15(16)20-18(22)23/h3-6,11,13-14H,7-10H2,1-2H3,(H,20,23). The molecule has 2 aromatic heterocycles. The minimum Gasteiger partial charge on any atom is -0.444 e. The van der Waals surface area contributed by atoms with E-state index in [0.29, 0.717) is 0 Å². The Balaban J connectivity index is 1.51. The molecule has 1 aromatic carbocycles. The lowest BCUT2D eigenvalue weighted by Crippen LogP contribution is -2.38. The summed E-state index contributed by atoms with van der Waals surface area (Å²) < 4.78 is 7.58. The largest absolute Gasteiger partial charge is 0.444 e. The summed E-state index contributed by atoms with van der Waals surface area (Å²) in [4.78, 5) is 22.0. The summed E-state index contributed by atoms with van der Waals surface area (Å²) in [5, 5.41) is 0. The number of hydrogen-bond acceptors (Lipinski definition) is 4. The number of aromatic amines is 1. The number of benzene rings is 1. The maximum atomic E-state index is 12.3. The number of oxazole rings is 1. The van der Waals surface area contributed by atoms with Crippen LogP contribution in [0, 0.1) is 6.92 Å². The molecule has 0 spiro atoms. The molecule has 6 heteroatoms. The van der Waals surface area contributed by atoms with Gasteiger partial charge < -0.3 is 9.40 Å². The number of rotatable bonds is 3. The predicted octanol–water partition coefficient (Wildman–Crippen LogP) is 3.02. The second kappa shape index (κ2) is 5.94. The Bertz CT molecular complexity index is 899. The Kier molecular flexibility index (Phi) is 3.76. The summed E-state index contributed by atoms with van der Waals surface area (Å²) in [6, 6.07) is 8.30. The van der Waals surface area contributed by atoms with Crippen LogP contribution in [0.4, 0.5) is 0 Å². The highest BCUT2D eigenvalue weighted by atomic mass is 16.4. The van der Waals surface area contributed by atoms with Gasteiger partial charge in [0.15, 0.2) is 0 Å². The fraction of sp³-hybridized carbons (Fsp3) is 0.444. The maximum Gasteiger partial charge on any atom is 0.326 e. The van der Waals surface area contributed by atoms with Crippen molar-refractivity contribution >= 4 is 11.0 Å². The number of hydrogen-bond donors (Lipinski definition) is 1. The lowest BCUT2D eigenvalue weighted by atomic mass is 10.0. The number of piperidine rings is 1. The van der Waals surface area contributed by atoms with E-state index in [4.69, 9.17) is 4.42 Å². The molecule has 3 heterocycles. The first kappa shape index (κ1) is 15.2. The minimum atomic E-state index is -0.00831. The molecule has 4 rings (SSSR count). The van der Waals surface area contributed by atoms with Gasteiger partial charge in [-0.25, -0.2) is 9.78 Å².